The highest BCUT2D eigenvalue weighted by molar-refractivity contribution is 5.86. The van der Waals surface area contributed by atoms with E-state index in [-0.39, 0.29) is 5.91 Å². The first-order chi connectivity index (χ1) is 15.8. The highest BCUT2D eigenvalue weighted by atomic mass is 16.2. The van der Waals surface area contributed by atoms with Gasteiger partial charge in [-0.3, -0.25) is 14.2 Å². The number of imidazole rings is 1. The monoisotopic (exact) mass is 451 g/mol. The zero-order chi connectivity index (χ0) is 24.1. The summed E-state index contributed by atoms with van der Waals surface area (Å²) < 4.78 is 2.03. The second-order valence-corrected chi connectivity index (χ2v) is 8.67. The number of fused-ring (bicyclic) bond motifs is 1. The molecule has 0 saturated heterocycles. The lowest BCUT2D eigenvalue weighted by Gasteiger charge is -2.27. The van der Waals surface area contributed by atoms with Gasteiger partial charge in [0.25, 0.3) is 0 Å². The minimum absolute atomic E-state index is 0.0811. The van der Waals surface area contributed by atoms with Gasteiger partial charge in [-0.1, -0.05) is 19.1 Å². The fourth-order valence-corrected chi connectivity index (χ4v) is 3.82. The number of anilines is 2. The fraction of sp³-hybridized carbons (Fsp3) is 0.480. The Morgan fingerprint density at radius 2 is 1.76 bits per heavy atom. The Morgan fingerprint density at radius 3 is 2.36 bits per heavy atom. The van der Waals surface area contributed by atoms with Crippen LogP contribution < -0.4 is 10.2 Å². The van der Waals surface area contributed by atoms with Crippen LogP contribution in [-0.4, -0.2) is 83.4 Å². The number of rotatable bonds is 10. The van der Waals surface area contributed by atoms with Crippen LogP contribution in [0, 0.1) is 6.92 Å². The fourth-order valence-electron chi connectivity index (χ4n) is 3.82. The lowest BCUT2D eigenvalue weighted by Crippen LogP contribution is -2.44. The van der Waals surface area contributed by atoms with E-state index in [1.54, 1.807) is 6.20 Å². The molecule has 0 saturated carbocycles. The first-order valence-corrected chi connectivity index (χ1v) is 11.6. The second-order valence-electron chi connectivity index (χ2n) is 8.67. The van der Waals surface area contributed by atoms with Gasteiger partial charge in [0.15, 0.2) is 5.65 Å². The highest BCUT2D eigenvalue weighted by Gasteiger charge is 2.24. The van der Waals surface area contributed by atoms with Crippen molar-refractivity contribution in [3.8, 4) is 11.3 Å². The number of likely N-dealkylation sites (N-methyl/N-ethyl adjacent to an activating group) is 2. The Bertz CT molecular complexity index is 1070. The summed E-state index contributed by atoms with van der Waals surface area (Å²) in [4.78, 5) is 28.6. The SMILES string of the molecule is CCN(C)CCN(CC)C(=O)C(C)Nc1c(-c2ccc(N(C)C)cc2)nc2cncc(C)n12. The van der Waals surface area contributed by atoms with Gasteiger partial charge in [-0.15, -0.1) is 0 Å². The molecule has 0 aliphatic rings. The number of carbonyl (C=O) groups is 1. The van der Waals surface area contributed by atoms with Crippen LogP contribution in [0.1, 0.15) is 26.5 Å². The van der Waals surface area contributed by atoms with Crippen LogP contribution in [0.15, 0.2) is 36.7 Å². The van der Waals surface area contributed by atoms with Gasteiger partial charge in [-0.05, 0) is 46.5 Å². The average molecular weight is 452 g/mol. The minimum Gasteiger partial charge on any atom is -0.378 e. The largest absolute Gasteiger partial charge is 0.378 e. The van der Waals surface area contributed by atoms with Crippen LogP contribution in [0.5, 0.6) is 0 Å². The van der Waals surface area contributed by atoms with E-state index in [4.69, 9.17) is 4.98 Å². The van der Waals surface area contributed by atoms with Crippen molar-refractivity contribution in [3.05, 3.63) is 42.4 Å². The second kappa shape index (κ2) is 10.7. The molecule has 0 spiro atoms. The zero-order valence-corrected chi connectivity index (χ0v) is 21.0. The van der Waals surface area contributed by atoms with Crippen LogP contribution in [0.25, 0.3) is 16.9 Å². The van der Waals surface area contributed by atoms with Gasteiger partial charge in [-0.25, -0.2) is 4.98 Å². The maximum absolute atomic E-state index is 13.3. The lowest BCUT2D eigenvalue weighted by atomic mass is 10.1. The standard InChI is InChI=1S/C25H37N7O/c1-8-30(7)14-15-31(9-2)25(33)19(4)27-24-23(20-10-12-21(13-11-20)29(5)6)28-22-17-26-16-18(3)32(22)24/h10-13,16-17,19,27H,8-9,14-15H2,1-7H3. The first-order valence-electron chi connectivity index (χ1n) is 11.6. The lowest BCUT2D eigenvalue weighted by molar-refractivity contribution is -0.131. The number of hydrogen-bond acceptors (Lipinski definition) is 6. The summed E-state index contributed by atoms with van der Waals surface area (Å²) in [6.45, 7) is 11.3. The summed E-state index contributed by atoms with van der Waals surface area (Å²) >= 11 is 0. The van der Waals surface area contributed by atoms with E-state index in [1.807, 2.05) is 50.4 Å². The molecule has 1 amide bonds. The Morgan fingerprint density at radius 1 is 1.06 bits per heavy atom. The molecule has 0 radical (unpaired) electrons. The number of benzene rings is 1. The normalized spacial score (nSPS) is 12.2. The Labute approximate surface area is 197 Å². The first kappa shape index (κ1) is 24.5. The molecule has 1 unspecified atom stereocenters. The van der Waals surface area contributed by atoms with Crippen LogP contribution in [0.3, 0.4) is 0 Å². The van der Waals surface area contributed by atoms with Gasteiger partial charge in [-0.2, -0.15) is 0 Å². The number of hydrogen-bond donors (Lipinski definition) is 1. The maximum Gasteiger partial charge on any atom is 0.244 e. The van der Waals surface area contributed by atoms with Crippen molar-refractivity contribution in [2.75, 3.05) is 57.5 Å². The van der Waals surface area contributed by atoms with Crippen LogP contribution >= 0.6 is 0 Å². The third-order valence-electron chi connectivity index (χ3n) is 6.07. The molecule has 0 bridgehead atoms. The maximum atomic E-state index is 13.3. The molecule has 3 aromatic rings. The van der Waals surface area contributed by atoms with Gasteiger partial charge in [0.05, 0.1) is 6.20 Å². The predicted octanol–water partition coefficient (Wildman–Crippen LogP) is 3.37. The number of nitrogens with one attached hydrogen (secondary N) is 1. The molecule has 33 heavy (non-hydrogen) atoms. The highest BCUT2D eigenvalue weighted by Crippen LogP contribution is 2.31. The van der Waals surface area contributed by atoms with Gasteiger partial charge in [0.2, 0.25) is 5.91 Å². The number of carbonyl (C=O) groups excluding carboxylic acids is 1. The Kier molecular flexibility index (Phi) is 7.92. The predicted molar refractivity (Wildman–Crippen MR) is 136 cm³/mol. The van der Waals surface area contributed by atoms with Crippen molar-refractivity contribution in [2.45, 2.75) is 33.7 Å². The van der Waals surface area contributed by atoms with E-state index < -0.39 is 6.04 Å². The van der Waals surface area contributed by atoms with Crippen LogP contribution in [-0.2, 0) is 4.79 Å². The van der Waals surface area contributed by atoms with Gasteiger partial charge >= 0.3 is 0 Å². The van der Waals surface area contributed by atoms with E-state index in [2.05, 4.69) is 58.3 Å². The van der Waals surface area contributed by atoms with Crippen molar-refractivity contribution in [3.63, 3.8) is 0 Å². The van der Waals surface area contributed by atoms with Crippen molar-refractivity contribution in [2.24, 2.45) is 0 Å². The van der Waals surface area contributed by atoms with E-state index in [9.17, 15) is 4.79 Å². The third kappa shape index (κ3) is 5.45. The number of amides is 1. The van der Waals surface area contributed by atoms with E-state index in [1.165, 1.54) is 0 Å². The molecular weight excluding hydrogens is 414 g/mol. The molecule has 1 atom stereocenters. The van der Waals surface area contributed by atoms with Crippen molar-refractivity contribution < 1.29 is 4.79 Å². The van der Waals surface area contributed by atoms with Crippen LogP contribution in [0.4, 0.5) is 11.5 Å². The quantitative estimate of drug-likeness (QED) is 0.510. The molecule has 8 nitrogen and oxygen atoms in total. The summed E-state index contributed by atoms with van der Waals surface area (Å²) in [6, 6.07) is 7.88. The molecule has 0 aliphatic carbocycles. The summed E-state index contributed by atoms with van der Waals surface area (Å²) in [6.07, 6.45) is 3.56. The number of nitrogens with zero attached hydrogens (tertiary/aromatic N) is 6. The molecule has 1 N–H and O–H groups in total. The topological polar surface area (TPSA) is 69.0 Å². The summed E-state index contributed by atoms with van der Waals surface area (Å²) in [5.74, 6) is 0.891. The average Bonchev–Trinajstić information content (AvgIpc) is 3.18. The molecule has 1 aromatic carbocycles. The Hall–Kier alpha value is -3.13. The molecule has 8 heteroatoms. The van der Waals surface area contributed by atoms with Crippen molar-refractivity contribution in [1.82, 2.24) is 24.2 Å². The molecule has 3 rings (SSSR count). The minimum atomic E-state index is -0.399. The van der Waals surface area contributed by atoms with Gasteiger partial charge in [0.1, 0.15) is 17.6 Å². The van der Waals surface area contributed by atoms with Crippen molar-refractivity contribution >= 4 is 23.1 Å². The molecule has 2 aromatic heterocycles. The molecule has 0 fully saturated rings. The molecule has 178 valence electrons. The molecular formula is C25H37N7O. The molecule has 0 aliphatic heterocycles. The van der Waals surface area contributed by atoms with Crippen molar-refractivity contribution in [1.29, 1.82) is 0 Å². The summed E-state index contributed by atoms with van der Waals surface area (Å²) in [5.41, 5.74) is 4.62. The summed E-state index contributed by atoms with van der Waals surface area (Å²) in [5, 5.41) is 3.48. The Balaban J connectivity index is 1.94. The van der Waals surface area contributed by atoms with E-state index in [0.717, 1.165) is 47.2 Å². The van der Waals surface area contributed by atoms with Gasteiger partial charge in [0, 0.05) is 56.9 Å². The van der Waals surface area contributed by atoms with Gasteiger partial charge < -0.3 is 20.0 Å². The molecule has 2 heterocycles. The van der Waals surface area contributed by atoms with E-state index in [0.29, 0.717) is 13.1 Å². The smallest absolute Gasteiger partial charge is 0.244 e. The number of aryl methyl sites for hydroxylation is 1. The zero-order valence-electron chi connectivity index (χ0n) is 21.0. The summed E-state index contributed by atoms with van der Waals surface area (Å²) in [7, 11) is 6.11. The number of aromatic nitrogens is 3. The third-order valence-corrected chi connectivity index (χ3v) is 6.07. The van der Waals surface area contributed by atoms with E-state index >= 15 is 0 Å². The van der Waals surface area contributed by atoms with Crippen LogP contribution in [0.2, 0.25) is 0 Å².